The van der Waals surface area contributed by atoms with Crippen LogP contribution >= 0.6 is 0 Å². The number of carbonyl (C=O) groups excluding carboxylic acids is 1. The summed E-state index contributed by atoms with van der Waals surface area (Å²) in [7, 11) is 0. The minimum atomic E-state index is -0.0518. The number of piperidine rings is 1. The topological polar surface area (TPSA) is 41.1 Å². The summed E-state index contributed by atoms with van der Waals surface area (Å²) >= 11 is 0. The maximum Gasteiger partial charge on any atom is 0.241 e. The molecular weight excluding hydrogens is 236 g/mol. The second-order valence-electron chi connectivity index (χ2n) is 5.49. The summed E-state index contributed by atoms with van der Waals surface area (Å²) in [6.07, 6.45) is 4.53. The van der Waals surface area contributed by atoms with Gasteiger partial charge in [0.25, 0.3) is 0 Å². The van der Waals surface area contributed by atoms with Gasteiger partial charge in [0, 0.05) is 5.69 Å². The Kier molecular flexibility index (Phi) is 4.97. The van der Waals surface area contributed by atoms with Crippen molar-refractivity contribution < 1.29 is 4.79 Å². The van der Waals surface area contributed by atoms with Gasteiger partial charge in [-0.15, -0.1) is 0 Å². The van der Waals surface area contributed by atoms with Crippen molar-refractivity contribution in [2.24, 2.45) is 5.92 Å². The number of anilines is 1. The van der Waals surface area contributed by atoms with Crippen LogP contribution < -0.4 is 10.6 Å². The monoisotopic (exact) mass is 260 g/mol. The van der Waals surface area contributed by atoms with E-state index in [1.165, 1.54) is 5.56 Å². The molecule has 1 aliphatic rings. The molecule has 3 nitrogen and oxygen atoms in total. The molecule has 3 heteroatoms. The lowest BCUT2D eigenvalue weighted by atomic mass is 9.92. The van der Waals surface area contributed by atoms with Gasteiger partial charge in [0.15, 0.2) is 0 Å². The van der Waals surface area contributed by atoms with Crippen molar-refractivity contribution in [3.63, 3.8) is 0 Å². The van der Waals surface area contributed by atoms with Gasteiger partial charge in [0.1, 0.15) is 0 Å². The Hall–Kier alpha value is -1.35. The number of hydrogen-bond acceptors (Lipinski definition) is 2. The predicted molar refractivity (Wildman–Crippen MR) is 79.3 cm³/mol. The van der Waals surface area contributed by atoms with E-state index >= 15 is 0 Å². The molecule has 1 fully saturated rings. The molecule has 104 valence electrons. The van der Waals surface area contributed by atoms with Crippen LogP contribution in [-0.2, 0) is 11.2 Å². The summed E-state index contributed by atoms with van der Waals surface area (Å²) in [6.45, 7) is 5.25. The average Bonchev–Trinajstić information content (AvgIpc) is 2.42. The first kappa shape index (κ1) is 14.1. The number of benzene rings is 1. The Morgan fingerprint density at radius 3 is 2.74 bits per heavy atom. The fourth-order valence-electron chi connectivity index (χ4n) is 2.66. The molecule has 2 atom stereocenters. The molecule has 19 heavy (non-hydrogen) atoms. The Morgan fingerprint density at radius 1 is 1.37 bits per heavy atom. The van der Waals surface area contributed by atoms with Crippen molar-refractivity contribution in [2.75, 3.05) is 11.9 Å². The summed E-state index contributed by atoms with van der Waals surface area (Å²) in [6, 6.07) is 8.13. The predicted octanol–water partition coefficient (Wildman–Crippen LogP) is 2.97. The molecule has 2 N–H and O–H groups in total. The fourth-order valence-corrected chi connectivity index (χ4v) is 2.66. The van der Waals surface area contributed by atoms with Crippen molar-refractivity contribution in [1.82, 2.24) is 5.32 Å². The Bertz CT molecular complexity index is 413. The highest BCUT2D eigenvalue weighted by atomic mass is 16.2. The number of hydrogen-bond donors (Lipinski definition) is 2. The third-order valence-electron chi connectivity index (χ3n) is 3.81. The number of aryl methyl sites for hydroxylation is 1. The first-order valence-corrected chi connectivity index (χ1v) is 7.34. The van der Waals surface area contributed by atoms with Gasteiger partial charge in [-0.3, -0.25) is 4.79 Å². The van der Waals surface area contributed by atoms with E-state index in [9.17, 15) is 4.79 Å². The fraction of sp³-hybridized carbons (Fsp3) is 0.562. The van der Waals surface area contributed by atoms with Crippen LogP contribution in [0.25, 0.3) is 0 Å². The quantitative estimate of drug-likeness (QED) is 0.874. The van der Waals surface area contributed by atoms with Crippen LogP contribution in [0.4, 0.5) is 5.69 Å². The molecule has 1 aliphatic heterocycles. The molecule has 1 saturated heterocycles. The van der Waals surface area contributed by atoms with E-state index < -0.39 is 0 Å². The zero-order valence-electron chi connectivity index (χ0n) is 11.9. The van der Waals surface area contributed by atoms with E-state index in [1.807, 2.05) is 12.1 Å². The highest BCUT2D eigenvalue weighted by molar-refractivity contribution is 5.95. The van der Waals surface area contributed by atoms with E-state index in [0.717, 1.165) is 37.9 Å². The number of nitrogens with one attached hydrogen (secondary N) is 2. The molecule has 1 amide bonds. The Balaban J connectivity index is 1.94. The van der Waals surface area contributed by atoms with Gasteiger partial charge in [0.2, 0.25) is 5.91 Å². The third kappa shape index (κ3) is 3.80. The summed E-state index contributed by atoms with van der Waals surface area (Å²) < 4.78 is 0. The molecule has 1 aromatic rings. The van der Waals surface area contributed by atoms with Gasteiger partial charge >= 0.3 is 0 Å². The number of carbonyl (C=O) groups is 1. The lowest BCUT2D eigenvalue weighted by Gasteiger charge is -2.28. The zero-order valence-corrected chi connectivity index (χ0v) is 11.9. The molecule has 0 radical (unpaired) electrons. The molecule has 2 unspecified atom stereocenters. The van der Waals surface area contributed by atoms with Gasteiger partial charge < -0.3 is 10.6 Å². The highest BCUT2D eigenvalue weighted by Crippen LogP contribution is 2.18. The molecule has 0 saturated carbocycles. The lowest BCUT2D eigenvalue weighted by Crippen LogP contribution is -2.48. The SMILES string of the molecule is CCCc1ccc(NC(=O)C2NCCCC2C)cc1. The second-order valence-corrected chi connectivity index (χ2v) is 5.49. The van der Waals surface area contributed by atoms with Crippen molar-refractivity contribution in [1.29, 1.82) is 0 Å². The van der Waals surface area contributed by atoms with Crippen molar-refractivity contribution in [3.05, 3.63) is 29.8 Å². The van der Waals surface area contributed by atoms with Crippen LogP contribution in [0, 0.1) is 5.92 Å². The number of rotatable bonds is 4. The molecule has 1 heterocycles. The average molecular weight is 260 g/mol. The van der Waals surface area contributed by atoms with Crippen molar-refractivity contribution in [3.8, 4) is 0 Å². The molecule has 0 bridgehead atoms. The van der Waals surface area contributed by atoms with Crippen LogP contribution in [0.1, 0.15) is 38.7 Å². The van der Waals surface area contributed by atoms with Gasteiger partial charge in [-0.25, -0.2) is 0 Å². The van der Waals surface area contributed by atoms with Gasteiger partial charge in [0.05, 0.1) is 6.04 Å². The summed E-state index contributed by atoms with van der Waals surface area (Å²) in [5, 5.41) is 6.32. The van der Waals surface area contributed by atoms with E-state index in [1.54, 1.807) is 0 Å². The van der Waals surface area contributed by atoms with Gasteiger partial charge in [-0.05, 0) is 49.4 Å². The minimum Gasteiger partial charge on any atom is -0.325 e. The van der Waals surface area contributed by atoms with E-state index in [-0.39, 0.29) is 11.9 Å². The molecular formula is C16H24N2O. The number of amides is 1. The Labute approximate surface area is 115 Å². The van der Waals surface area contributed by atoms with E-state index in [2.05, 4.69) is 36.6 Å². The molecule has 0 aliphatic carbocycles. The first-order valence-electron chi connectivity index (χ1n) is 7.34. The summed E-state index contributed by atoms with van der Waals surface area (Å²) in [4.78, 5) is 12.2. The van der Waals surface area contributed by atoms with E-state index in [0.29, 0.717) is 5.92 Å². The van der Waals surface area contributed by atoms with Crippen LogP contribution in [0.5, 0.6) is 0 Å². The lowest BCUT2D eigenvalue weighted by molar-refractivity contribution is -0.119. The first-order chi connectivity index (χ1) is 9.20. The Morgan fingerprint density at radius 2 is 2.11 bits per heavy atom. The summed E-state index contributed by atoms with van der Waals surface area (Å²) in [5.74, 6) is 0.503. The van der Waals surface area contributed by atoms with Gasteiger partial charge in [-0.1, -0.05) is 32.4 Å². The van der Waals surface area contributed by atoms with Gasteiger partial charge in [-0.2, -0.15) is 0 Å². The summed E-state index contributed by atoms with van der Waals surface area (Å²) in [5.41, 5.74) is 2.22. The van der Waals surface area contributed by atoms with E-state index in [4.69, 9.17) is 0 Å². The maximum absolute atomic E-state index is 12.2. The van der Waals surface area contributed by atoms with Crippen molar-refractivity contribution >= 4 is 11.6 Å². The van der Waals surface area contributed by atoms with Crippen molar-refractivity contribution in [2.45, 2.75) is 45.6 Å². The van der Waals surface area contributed by atoms with Crippen LogP contribution in [-0.4, -0.2) is 18.5 Å². The molecule has 2 rings (SSSR count). The second kappa shape index (κ2) is 6.71. The maximum atomic E-state index is 12.2. The largest absolute Gasteiger partial charge is 0.325 e. The van der Waals surface area contributed by atoms with Crippen LogP contribution in [0.2, 0.25) is 0 Å². The standard InChI is InChI=1S/C16H24N2O/c1-3-5-13-7-9-14(10-8-13)18-16(19)15-12(2)6-4-11-17-15/h7-10,12,15,17H,3-6,11H2,1-2H3,(H,18,19). The zero-order chi connectivity index (χ0) is 13.7. The minimum absolute atomic E-state index is 0.0518. The molecule has 1 aromatic carbocycles. The molecule has 0 aromatic heterocycles. The van der Waals surface area contributed by atoms with Crippen LogP contribution in [0.15, 0.2) is 24.3 Å². The normalized spacial score (nSPS) is 23.1. The van der Waals surface area contributed by atoms with Crippen LogP contribution in [0.3, 0.4) is 0 Å². The third-order valence-corrected chi connectivity index (χ3v) is 3.81. The highest BCUT2D eigenvalue weighted by Gasteiger charge is 2.27. The molecule has 0 spiro atoms. The smallest absolute Gasteiger partial charge is 0.241 e.